The summed E-state index contributed by atoms with van der Waals surface area (Å²) in [4.78, 5) is 26.9. The molecule has 0 bridgehead atoms. The molecule has 0 aliphatic carbocycles. The molecule has 3 rings (SSSR count). The van der Waals surface area contributed by atoms with Gasteiger partial charge >= 0.3 is 5.97 Å². The van der Waals surface area contributed by atoms with Gasteiger partial charge < -0.3 is 19.7 Å². The minimum atomic E-state index is -0.407. The Morgan fingerprint density at radius 3 is 2.44 bits per heavy atom. The van der Waals surface area contributed by atoms with Gasteiger partial charge in [-0.1, -0.05) is 0 Å². The second kappa shape index (κ2) is 9.18. The highest BCUT2D eigenvalue weighted by atomic mass is 127. The van der Waals surface area contributed by atoms with Gasteiger partial charge in [-0.15, -0.1) is 0 Å². The number of halogens is 1. The van der Waals surface area contributed by atoms with Crippen LogP contribution in [0.1, 0.15) is 27.6 Å². The first kappa shape index (κ1) is 19.6. The molecule has 0 unspecified atom stereocenters. The van der Waals surface area contributed by atoms with E-state index in [9.17, 15) is 9.59 Å². The number of carbonyl (C=O) groups excluding carboxylic acids is 2. The lowest BCUT2D eigenvalue weighted by atomic mass is 10.1. The molecule has 1 N–H and O–H groups in total. The maximum atomic E-state index is 12.7. The summed E-state index contributed by atoms with van der Waals surface area (Å²) in [5.74, 6) is -0.627. The van der Waals surface area contributed by atoms with E-state index in [1.165, 1.54) is 0 Å². The van der Waals surface area contributed by atoms with Crippen molar-refractivity contribution in [1.82, 2.24) is 0 Å². The summed E-state index contributed by atoms with van der Waals surface area (Å²) in [5.41, 5.74) is 2.42. The number of anilines is 2. The van der Waals surface area contributed by atoms with Crippen molar-refractivity contribution >= 4 is 45.8 Å². The molecule has 142 valence electrons. The van der Waals surface area contributed by atoms with Crippen molar-refractivity contribution in [2.45, 2.75) is 6.92 Å². The summed E-state index contributed by atoms with van der Waals surface area (Å²) in [7, 11) is 0. The molecule has 6 nitrogen and oxygen atoms in total. The lowest BCUT2D eigenvalue weighted by Crippen LogP contribution is -2.36. The molecule has 1 heterocycles. The molecule has 1 fully saturated rings. The molecule has 0 atom stereocenters. The Kier molecular flexibility index (Phi) is 6.68. The largest absolute Gasteiger partial charge is 0.462 e. The highest BCUT2D eigenvalue weighted by Gasteiger charge is 2.19. The molecule has 2 aromatic carbocycles. The first-order valence-corrected chi connectivity index (χ1v) is 9.87. The van der Waals surface area contributed by atoms with Crippen LogP contribution in [0, 0.1) is 3.57 Å². The normalized spacial score (nSPS) is 13.9. The topological polar surface area (TPSA) is 67.9 Å². The molecular weight excluding hydrogens is 459 g/mol. The van der Waals surface area contributed by atoms with E-state index >= 15 is 0 Å². The van der Waals surface area contributed by atoms with Gasteiger partial charge in [-0.25, -0.2) is 4.79 Å². The summed E-state index contributed by atoms with van der Waals surface area (Å²) < 4.78 is 11.6. The highest BCUT2D eigenvalue weighted by Crippen LogP contribution is 2.29. The number of nitrogens with one attached hydrogen (secondary N) is 1. The maximum absolute atomic E-state index is 12.7. The van der Waals surface area contributed by atoms with E-state index in [-0.39, 0.29) is 5.91 Å². The number of rotatable bonds is 5. The van der Waals surface area contributed by atoms with Crippen LogP contribution in [0.2, 0.25) is 0 Å². The van der Waals surface area contributed by atoms with Crippen LogP contribution in [0.4, 0.5) is 11.4 Å². The summed E-state index contributed by atoms with van der Waals surface area (Å²) >= 11 is 2.20. The van der Waals surface area contributed by atoms with Crippen LogP contribution in [0.25, 0.3) is 0 Å². The molecular formula is C20H21IN2O4. The average Bonchev–Trinajstić information content (AvgIpc) is 2.69. The van der Waals surface area contributed by atoms with Gasteiger partial charge in [0.05, 0.1) is 36.8 Å². The SMILES string of the molecule is CCOC(=O)c1ccc(N2CCOCC2)c(NC(=O)c2ccc(I)cc2)c1. The molecule has 0 saturated carbocycles. The molecule has 0 spiro atoms. The van der Waals surface area contributed by atoms with Crippen LogP contribution in [0.5, 0.6) is 0 Å². The van der Waals surface area contributed by atoms with Crippen LogP contribution in [-0.2, 0) is 9.47 Å². The Bertz CT molecular complexity index is 817. The maximum Gasteiger partial charge on any atom is 0.338 e. The zero-order valence-corrected chi connectivity index (χ0v) is 17.2. The first-order valence-electron chi connectivity index (χ1n) is 8.79. The molecule has 1 aliphatic rings. The Morgan fingerprint density at radius 1 is 1.11 bits per heavy atom. The molecule has 2 aromatic rings. The van der Waals surface area contributed by atoms with Crippen molar-refractivity contribution in [3.63, 3.8) is 0 Å². The molecule has 1 amide bonds. The Morgan fingerprint density at radius 2 is 1.78 bits per heavy atom. The number of amides is 1. The third-order valence-corrected chi connectivity index (χ3v) is 4.93. The van der Waals surface area contributed by atoms with Crippen LogP contribution >= 0.6 is 22.6 Å². The highest BCUT2D eigenvalue weighted by molar-refractivity contribution is 14.1. The Labute approximate surface area is 172 Å². The van der Waals surface area contributed by atoms with E-state index in [1.807, 2.05) is 18.2 Å². The van der Waals surface area contributed by atoms with Crippen molar-refractivity contribution in [3.05, 3.63) is 57.2 Å². The third kappa shape index (κ3) is 4.98. The van der Waals surface area contributed by atoms with Crippen molar-refractivity contribution < 1.29 is 19.1 Å². The quantitative estimate of drug-likeness (QED) is 0.524. The predicted octanol–water partition coefficient (Wildman–Crippen LogP) is 3.56. The van der Waals surface area contributed by atoms with Gasteiger partial charge in [0, 0.05) is 22.2 Å². The number of benzene rings is 2. The van der Waals surface area contributed by atoms with E-state index in [0.717, 1.165) is 22.3 Å². The van der Waals surface area contributed by atoms with E-state index in [2.05, 4.69) is 32.8 Å². The Balaban J connectivity index is 1.90. The van der Waals surface area contributed by atoms with Crippen LogP contribution in [-0.4, -0.2) is 44.8 Å². The van der Waals surface area contributed by atoms with Crippen molar-refractivity contribution in [1.29, 1.82) is 0 Å². The number of hydrogen-bond donors (Lipinski definition) is 1. The third-order valence-electron chi connectivity index (χ3n) is 4.21. The first-order chi connectivity index (χ1) is 13.1. The zero-order valence-electron chi connectivity index (χ0n) is 15.0. The van der Waals surface area contributed by atoms with E-state index in [4.69, 9.17) is 9.47 Å². The van der Waals surface area contributed by atoms with Gasteiger partial charge in [0.15, 0.2) is 0 Å². The Hall–Kier alpha value is -2.13. The van der Waals surface area contributed by atoms with Gasteiger partial charge in [-0.2, -0.15) is 0 Å². The number of hydrogen-bond acceptors (Lipinski definition) is 5. The molecule has 7 heteroatoms. The van der Waals surface area contributed by atoms with Crippen molar-refractivity contribution in [3.8, 4) is 0 Å². The van der Waals surface area contributed by atoms with E-state index in [1.54, 1.807) is 31.2 Å². The molecule has 27 heavy (non-hydrogen) atoms. The van der Waals surface area contributed by atoms with Crippen LogP contribution < -0.4 is 10.2 Å². The summed E-state index contributed by atoms with van der Waals surface area (Å²) in [6.45, 7) is 4.78. The van der Waals surface area contributed by atoms with E-state index < -0.39 is 5.97 Å². The fraction of sp³-hybridized carbons (Fsp3) is 0.300. The van der Waals surface area contributed by atoms with Crippen molar-refractivity contribution in [2.24, 2.45) is 0 Å². The number of morpholine rings is 1. The summed E-state index contributed by atoms with van der Waals surface area (Å²) in [6.07, 6.45) is 0. The average molecular weight is 480 g/mol. The van der Waals surface area contributed by atoms with Crippen LogP contribution in [0.15, 0.2) is 42.5 Å². The fourth-order valence-electron chi connectivity index (χ4n) is 2.85. The smallest absolute Gasteiger partial charge is 0.338 e. The predicted molar refractivity (Wildman–Crippen MR) is 113 cm³/mol. The number of nitrogens with zero attached hydrogens (tertiary/aromatic N) is 1. The minimum Gasteiger partial charge on any atom is -0.462 e. The number of carbonyl (C=O) groups is 2. The molecule has 0 aromatic heterocycles. The summed E-state index contributed by atoms with van der Waals surface area (Å²) in [6, 6.07) is 12.6. The second-order valence-electron chi connectivity index (χ2n) is 6.01. The molecule has 0 radical (unpaired) electrons. The lowest BCUT2D eigenvalue weighted by molar-refractivity contribution is 0.0526. The van der Waals surface area contributed by atoms with E-state index in [0.29, 0.717) is 36.6 Å². The lowest BCUT2D eigenvalue weighted by Gasteiger charge is -2.30. The van der Waals surface area contributed by atoms with Gasteiger partial charge in [-0.05, 0) is 72.0 Å². The van der Waals surface area contributed by atoms with Gasteiger partial charge in [0.25, 0.3) is 5.91 Å². The van der Waals surface area contributed by atoms with Gasteiger partial charge in [-0.3, -0.25) is 4.79 Å². The van der Waals surface area contributed by atoms with Crippen molar-refractivity contribution in [2.75, 3.05) is 43.1 Å². The molecule has 1 saturated heterocycles. The molecule has 1 aliphatic heterocycles. The van der Waals surface area contributed by atoms with Crippen LogP contribution in [0.3, 0.4) is 0 Å². The fourth-order valence-corrected chi connectivity index (χ4v) is 3.21. The monoisotopic (exact) mass is 480 g/mol. The minimum absolute atomic E-state index is 0.220. The van der Waals surface area contributed by atoms with Gasteiger partial charge in [0.2, 0.25) is 0 Å². The van der Waals surface area contributed by atoms with Gasteiger partial charge in [0.1, 0.15) is 0 Å². The summed E-state index contributed by atoms with van der Waals surface area (Å²) in [5, 5.41) is 2.95. The zero-order chi connectivity index (χ0) is 19.2. The number of ether oxygens (including phenoxy) is 2. The second-order valence-corrected chi connectivity index (χ2v) is 7.26. The standard InChI is InChI=1S/C20H21IN2O4/c1-2-27-20(25)15-5-8-18(23-9-11-26-12-10-23)17(13-15)22-19(24)14-3-6-16(21)7-4-14/h3-8,13H,2,9-12H2,1H3,(H,22,24). The number of esters is 1.